The van der Waals surface area contributed by atoms with Gasteiger partial charge in [-0.1, -0.05) is 37.6 Å². The van der Waals surface area contributed by atoms with Crippen molar-refractivity contribution < 1.29 is 19.1 Å². The summed E-state index contributed by atoms with van der Waals surface area (Å²) in [5, 5.41) is 0.753. The van der Waals surface area contributed by atoms with E-state index in [0.717, 1.165) is 11.4 Å². The number of benzene rings is 1. The maximum absolute atomic E-state index is 12.0. The minimum absolute atomic E-state index is 0.00463. The molecule has 1 amide bonds. The number of aryl methyl sites for hydroxylation is 1. The average Bonchev–Trinajstić information content (AvgIpc) is 2.60. The summed E-state index contributed by atoms with van der Waals surface area (Å²) in [6.45, 7) is 12.6. The van der Waals surface area contributed by atoms with Gasteiger partial charge in [-0.05, 0) is 62.9 Å². The number of rotatable bonds is 2. The van der Waals surface area contributed by atoms with Crippen LogP contribution in [0.25, 0.3) is 5.57 Å². The molecule has 1 aliphatic rings. The van der Waals surface area contributed by atoms with Gasteiger partial charge in [0.1, 0.15) is 5.60 Å². The Labute approximate surface area is 173 Å². The molecule has 0 aliphatic carbocycles. The van der Waals surface area contributed by atoms with E-state index in [-0.39, 0.29) is 18.0 Å². The molecule has 0 saturated heterocycles. The lowest BCUT2D eigenvalue weighted by Crippen LogP contribution is -2.39. The second kappa shape index (κ2) is 10.5. The summed E-state index contributed by atoms with van der Waals surface area (Å²) in [6, 6.07) is 5.93. The van der Waals surface area contributed by atoms with Crippen LogP contribution in [0.2, 0.25) is 5.02 Å². The van der Waals surface area contributed by atoms with Crippen LogP contribution in [0.4, 0.5) is 4.79 Å². The van der Waals surface area contributed by atoms with E-state index < -0.39 is 5.60 Å². The minimum atomic E-state index is -0.451. The lowest BCUT2D eigenvalue weighted by Gasteiger charge is -2.30. The third-order valence-electron chi connectivity index (χ3n) is 4.07. The van der Waals surface area contributed by atoms with Gasteiger partial charge in [0.25, 0.3) is 0 Å². The molecule has 0 unspecified atom stereocenters. The lowest BCUT2D eigenvalue weighted by molar-refractivity contribution is -0.144. The summed E-state index contributed by atoms with van der Waals surface area (Å²) in [5.74, 6) is -0.148. The number of esters is 1. The summed E-state index contributed by atoms with van der Waals surface area (Å²) in [7, 11) is 1.39. The molecular formula is C22H32ClNO4. The number of carbonyl (C=O) groups excluding carboxylic acids is 2. The molecule has 0 aromatic heterocycles. The maximum atomic E-state index is 12.0. The van der Waals surface area contributed by atoms with Crippen molar-refractivity contribution in [3.05, 3.63) is 40.4 Å². The van der Waals surface area contributed by atoms with E-state index in [1.807, 2.05) is 39.0 Å². The van der Waals surface area contributed by atoms with Crippen molar-refractivity contribution in [2.24, 2.45) is 5.92 Å². The van der Waals surface area contributed by atoms with Crippen molar-refractivity contribution in [2.75, 3.05) is 20.2 Å². The van der Waals surface area contributed by atoms with Crippen molar-refractivity contribution in [1.82, 2.24) is 4.90 Å². The van der Waals surface area contributed by atoms with Gasteiger partial charge in [-0.3, -0.25) is 4.79 Å². The molecule has 5 nitrogen and oxygen atoms in total. The predicted molar refractivity (Wildman–Crippen MR) is 113 cm³/mol. The van der Waals surface area contributed by atoms with Gasteiger partial charge in [0.05, 0.1) is 13.0 Å². The number of halogens is 1. The molecule has 0 bridgehead atoms. The van der Waals surface area contributed by atoms with Crippen molar-refractivity contribution in [3.63, 3.8) is 0 Å². The van der Waals surface area contributed by atoms with Gasteiger partial charge >= 0.3 is 12.1 Å². The Kier molecular flexibility index (Phi) is 9.02. The molecule has 1 heterocycles. The Morgan fingerprint density at radius 1 is 1.21 bits per heavy atom. The first-order valence-corrected chi connectivity index (χ1v) is 9.83. The second-order valence-electron chi connectivity index (χ2n) is 8.04. The standard InChI is InChI=1S/C17H22ClNO2.C5H10O2/c1-12-11-14(18)5-6-15(12)13-7-9-19(10-8-13)16(20)21-17(2,3)4;1-4(2)5(6)7-3/h5-7,11H,8-10H2,1-4H3;4H,1-3H3. The van der Waals surface area contributed by atoms with Crippen LogP contribution in [-0.4, -0.2) is 42.8 Å². The van der Waals surface area contributed by atoms with Crippen LogP contribution in [0.1, 0.15) is 52.2 Å². The largest absolute Gasteiger partial charge is 0.469 e. The molecule has 28 heavy (non-hydrogen) atoms. The first-order valence-electron chi connectivity index (χ1n) is 9.46. The van der Waals surface area contributed by atoms with Gasteiger partial charge in [0, 0.05) is 18.1 Å². The zero-order valence-corrected chi connectivity index (χ0v) is 18.7. The van der Waals surface area contributed by atoms with E-state index in [1.54, 1.807) is 18.7 Å². The predicted octanol–water partition coefficient (Wildman–Crippen LogP) is 5.49. The number of carbonyl (C=O) groups is 2. The van der Waals surface area contributed by atoms with E-state index >= 15 is 0 Å². The molecule has 0 N–H and O–H groups in total. The molecule has 156 valence electrons. The minimum Gasteiger partial charge on any atom is -0.469 e. The Hall–Kier alpha value is -2.01. The van der Waals surface area contributed by atoms with Crippen LogP contribution >= 0.6 is 11.6 Å². The molecule has 0 fully saturated rings. The Morgan fingerprint density at radius 3 is 2.25 bits per heavy atom. The van der Waals surface area contributed by atoms with E-state index in [4.69, 9.17) is 16.3 Å². The van der Waals surface area contributed by atoms with Crippen molar-refractivity contribution in [1.29, 1.82) is 0 Å². The van der Waals surface area contributed by atoms with E-state index in [0.29, 0.717) is 13.1 Å². The van der Waals surface area contributed by atoms with E-state index in [2.05, 4.69) is 17.7 Å². The van der Waals surface area contributed by atoms with Gasteiger partial charge in [-0.2, -0.15) is 0 Å². The number of amides is 1. The van der Waals surface area contributed by atoms with Crippen LogP contribution in [0, 0.1) is 12.8 Å². The smallest absolute Gasteiger partial charge is 0.410 e. The van der Waals surface area contributed by atoms with E-state index in [9.17, 15) is 9.59 Å². The molecule has 2 rings (SSSR count). The fourth-order valence-electron chi connectivity index (χ4n) is 2.63. The van der Waals surface area contributed by atoms with Crippen molar-refractivity contribution >= 4 is 29.2 Å². The molecule has 0 saturated carbocycles. The Bertz CT molecular complexity index is 720. The SMILES string of the molecule is COC(=O)C(C)C.Cc1cc(Cl)ccc1C1=CCN(C(=O)OC(C)(C)C)CC1. The van der Waals surface area contributed by atoms with Crippen LogP contribution in [-0.2, 0) is 14.3 Å². The summed E-state index contributed by atoms with van der Waals surface area (Å²) < 4.78 is 9.77. The summed E-state index contributed by atoms with van der Waals surface area (Å²) >= 11 is 5.99. The van der Waals surface area contributed by atoms with Gasteiger partial charge in [-0.25, -0.2) is 4.79 Å². The van der Waals surface area contributed by atoms with Crippen molar-refractivity contribution in [3.8, 4) is 0 Å². The highest BCUT2D eigenvalue weighted by atomic mass is 35.5. The zero-order valence-electron chi connectivity index (χ0n) is 18.0. The fourth-order valence-corrected chi connectivity index (χ4v) is 2.86. The van der Waals surface area contributed by atoms with E-state index in [1.165, 1.54) is 23.8 Å². The van der Waals surface area contributed by atoms with Crippen LogP contribution in [0.3, 0.4) is 0 Å². The maximum Gasteiger partial charge on any atom is 0.410 e. The molecule has 1 aromatic rings. The number of methoxy groups -OCH3 is 1. The second-order valence-corrected chi connectivity index (χ2v) is 8.48. The number of hydrogen-bond acceptors (Lipinski definition) is 4. The third-order valence-corrected chi connectivity index (χ3v) is 4.30. The molecule has 0 atom stereocenters. The van der Waals surface area contributed by atoms with Crippen molar-refractivity contribution in [2.45, 2.75) is 53.6 Å². The fraction of sp³-hybridized carbons (Fsp3) is 0.545. The normalized spacial score (nSPS) is 14.0. The average molecular weight is 410 g/mol. The monoisotopic (exact) mass is 409 g/mol. The summed E-state index contributed by atoms with van der Waals surface area (Å²) in [4.78, 5) is 24.1. The van der Waals surface area contributed by atoms with Gasteiger partial charge in [-0.15, -0.1) is 0 Å². The Morgan fingerprint density at radius 2 is 1.86 bits per heavy atom. The van der Waals surface area contributed by atoms with Crippen LogP contribution in [0.5, 0.6) is 0 Å². The molecule has 1 aliphatic heterocycles. The van der Waals surface area contributed by atoms with Gasteiger partial charge < -0.3 is 14.4 Å². The number of ether oxygens (including phenoxy) is 2. The van der Waals surface area contributed by atoms with Crippen LogP contribution < -0.4 is 0 Å². The summed E-state index contributed by atoms with van der Waals surface area (Å²) in [5.41, 5.74) is 3.19. The highest BCUT2D eigenvalue weighted by molar-refractivity contribution is 6.30. The number of nitrogens with zero attached hydrogens (tertiary/aromatic N) is 1. The lowest BCUT2D eigenvalue weighted by atomic mass is 9.96. The molecule has 0 spiro atoms. The van der Waals surface area contributed by atoms with Gasteiger partial charge in [0.15, 0.2) is 0 Å². The highest BCUT2D eigenvalue weighted by Gasteiger charge is 2.24. The topological polar surface area (TPSA) is 55.8 Å². The molecule has 1 aromatic carbocycles. The first kappa shape index (κ1) is 24.0. The molecule has 6 heteroatoms. The highest BCUT2D eigenvalue weighted by Crippen LogP contribution is 2.27. The molecule has 0 radical (unpaired) electrons. The third kappa shape index (κ3) is 7.93. The summed E-state index contributed by atoms with van der Waals surface area (Å²) in [6.07, 6.45) is 2.69. The quantitative estimate of drug-likeness (QED) is 0.606. The molecular weight excluding hydrogens is 378 g/mol. The van der Waals surface area contributed by atoms with Gasteiger partial charge in [0.2, 0.25) is 0 Å². The van der Waals surface area contributed by atoms with Crippen LogP contribution in [0.15, 0.2) is 24.3 Å². The Balaban J connectivity index is 0.000000480. The first-order chi connectivity index (χ1) is 12.9. The zero-order chi connectivity index (χ0) is 21.5. The number of hydrogen-bond donors (Lipinski definition) is 0.